The molecule has 16 heavy (non-hydrogen) atoms. The molecule has 0 radical (unpaired) electrons. The molecule has 0 bridgehead atoms. The molecule has 3 N–H and O–H groups in total. The quantitative estimate of drug-likeness (QED) is 0.462. The molecule has 1 rings (SSSR count). The molecule has 0 fully saturated rings. The van der Waals surface area contributed by atoms with Gasteiger partial charge in [0.05, 0.1) is 4.47 Å². The molecule has 90 valence electrons. The molecule has 7 heteroatoms. The minimum Gasteiger partial charge on any atom is -0.385 e. The van der Waals surface area contributed by atoms with Crippen molar-refractivity contribution in [2.24, 2.45) is 5.84 Å². The monoisotopic (exact) mass is 289 g/mol. The summed E-state index contributed by atoms with van der Waals surface area (Å²) in [6.45, 7) is 1.59. The Morgan fingerprint density at radius 1 is 1.62 bits per heavy atom. The lowest BCUT2D eigenvalue weighted by Crippen LogP contribution is -2.22. The summed E-state index contributed by atoms with van der Waals surface area (Å²) < 4.78 is 5.84. The smallest absolute Gasteiger partial charge is 0.239 e. The van der Waals surface area contributed by atoms with Gasteiger partial charge in [-0.15, -0.1) is 0 Å². The summed E-state index contributed by atoms with van der Waals surface area (Å²) in [4.78, 5) is 10.3. The number of ether oxygens (including phenoxy) is 1. The van der Waals surface area contributed by atoms with E-state index in [2.05, 4.69) is 31.3 Å². The van der Waals surface area contributed by atoms with Crippen molar-refractivity contribution in [3.63, 3.8) is 0 Å². The summed E-state index contributed by atoms with van der Waals surface area (Å²) >= 11 is 3.40. The second-order valence-electron chi connectivity index (χ2n) is 3.28. The van der Waals surface area contributed by atoms with Gasteiger partial charge in [0.15, 0.2) is 0 Å². The van der Waals surface area contributed by atoms with Crippen LogP contribution in [0.25, 0.3) is 0 Å². The lowest BCUT2D eigenvalue weighted by atomic mass is 10.4. The fourth-order valence-corrected chi connectivity index (χ4v) is 1.74. The van der Waals surface area contributed by atoms with Gasteiger partial charge in [-0.3, -0.25) is 5.43 Å². The second-order valence-corrected chi connectivity index (χ2v) is 4.13. The number of aromatic nitrogens is 2. The number of methoxy groups -OCH3 is 1. The highest BCUT2D eigenvalue weighted by Crippen LogP contribution is 2.23. The van der Waals surface area contributed by atoms with Crippen molar-refractivity contribution in [3.05, 3.63) is 10.7 Å². The van der Waals surface area contributed by atoms with Crippen molar-refractivity contribution in [1.82, 2.24) is 9.97 Å². The van der Waals surface area contributed by atoms with Crippen molar-refractivity contribution < 1.29 is 4.74 Å². The molecule has 1 aromatic heterocycles. The van der Waals surface area contributed by atoms with E-state index in [0.717, 1.165) is 29.9 Å². The number of nitrogens with two attached hydrogens (primary N) is 1. The highest BCUT2D eigenvalue weighted by atomic mass is 79.9. The van der Waals surface area contributed by atoms with Crippen LogP contribution in [0.1, 0.15) is 6.42 Å². The first-order valence-electron chi connectivity index (χ1n) is 4.88. The van der Waals surface area contributed by atoms with Gasteiger partial charge < -0.3 is 9.64 Å². The Balaban J connectivity index is 2.69. The zero-order valence-corrected chi connectivity index (χ0v) is 11.0. The van der Waals surface area contributed by atoms with Crippen molar-refractivity contribution in [2.75, 3.05) is 37.6 Å². The van der Waals surface area contributed by atoms with Gasteiger partial charge in [-0.1, -0.05) is 0 Å². The minimum atomic E-state index is 0.400. The summed E-state index contributed by atoms with van der Waals surface area (Å²) in [7, 11) is 3.65. The van der Waals surface area contributed by atoms with Crippen molar-refractivity contribution in [2.45, 2.75) is 6.42 Å². The molecule has 1 heterocycles. The van der Waals surface area contributed by atoms with Crippen molar-refractivity contribution in [1.29, 1.82) is 0 Å². The van der Waals surface area contributed by atoms with E-state index in [9.17, 15) is 0 Å². The van der Waals surface area contributed by atoms with Gasteiger partial charge in [0.1, 0.15) is 5.82 Å². The minimum absolute atomic E-state index is 0.400. The number of rotatable bonds is 6. The third-order valence-electron chi connectivity index (χ3n) is 2.06. The van der Waals surface area contributed by atoms with Crippen LogP contribution >= 0.6 is 15.9 Å². The first-order valence-corrected chi connectivity index (χ1v) is 5.67. The molecule has 0 saturated heterocycles. The number of hydrazine groups is 1. The van der Waals surface area contributed by atoms with Gasteiger partial charge in [0.25, 0.3) is 0 Å². The Kier molecular flexibility index (Phi) is 5.44. The molecule has 0 amide bonds. The van der Waals surface area contributed by atoms with Gasteiger partial charge in [0, 0.05) is 33.5 Å². The number of hydrogen-bond donors (Lipinski definition) is 2. The highest BCUT2D eigenvalue weighted by molar-refractivity contribution is 9.10. The van der Waals surface area contributed by atoms with Crippen LogP contribution in [0.4, 0.5) is 11.8 Å². The standard InChI is InChI=1S/C9H16BrN5O/c1-15(4-3-5-16-2)8-7(10)6-12-9(13-8)14-11/h6H,3-5,11H2,1-2H3,(H,12,13,14). The number of anilines is 2. The summed E-state index contributed by atoms with van der Waals surface area (Å²) in [5.41, 5.74) is 2.42. The number of hydrogen-bond acceptors (Lipinski definition) is 6. The van der Waals surface area contributed by atoms with Crippen LogP contribution in [-0.4, -0.2) is 37.3 Å². The van der Waals surface area contributed by atoms with E-state index >= 15 is 0 Å². The van der Waals surface area contributed by atoms with Crippen LogP contribution in [0, 0.1) is 0 Å². The maximum absolute atomic E-state index is 5.26. The fraction of sp³-hybridized carbons (Fsp3) is 0.556. The predicted molar refractivity (Wildman–Crippen MR) is 67.3 cm³/mol. The maximum atomic E-state index is 5.26. The van der Waals surface area contributed by atoms with Crippen LogP contribution in [0.2, 0.25) is 0 Å². The lowest BCUT2D eigenvalue weighted by molar-refractivity contribution is 0.196. The normalized spacial score (nSPS) is 10.2. The van der Waals surface area contributed by atoms with E-state index in [4.69, 9.17) is 10.6 Å². The number of nitrogen functional groups attached to an aromatic ring is 1. The molecular formula is C9H16BrN5O. The topological polar surface area (TPSA) is 76.3 Å². The van der Waals surface area contributed by atoms with Crippen LogP contribution in [0.3, 0.4) is 0 Å². The zero-order chi connectivity index (χ0) is 12.0. The maximum Gasteiger partial charge on any atom is 0.239 e. The van der Waals surface area contributed by atoms with E-state index in [1.165, 1.54) is 0 Å². The number of nitrogens with zero attached hydrogens (tertiary/aromatic N) is 3. The van der Waals surface area contributed by atoms with E-state index in [-0.39, 0.29) is 0 Å². The molecule has 0 aliphatic heterocycles. The molecule has 0 unspecified atom stereocenters. The first-order chi connectivity index (χ1) is 7.69. The Morgan fingerprint density at radius 3 is 3.00 bits per heavy atom. The van der Waals surface area contributed by atoms with Gasteiger partial charge in [-0.25, -0.2) is 10.8 Å². The second kappa shape index (κ2) is 6.62. The van der Waals surface area contributed by atoms with Crippen LogP contribution in [0.5, 0.6) is 0 Å². The first kappa shape index (κ1) is 13.1. The molecule has 0 saturated carbocycles. The largest absolute Gasteiger partial charge is 0.385 e. The number of nitrogens with one attached hydrogen (secondary N) is 1. The zero-order valence-electron chi connectivity index (χ0n) is 9.40. The van der Waals surface area contributed by atoms with Crippen LogP contribution in [0.15, 0.2) is 10.7 Å². The predicted octanol–water partition coefficient (Wildman–Crippen LogP) is 0.997. The van der Waals surface area contributed by atoms with Crippen molar-refractivity contribution >= 4 is 27.7 Å². The third kappa shape index (κ3) is 3.58. The fourth-order valence-electron chi connectivity index (χ4n) is 1.25. The molecule has 0 aliphatic rings. The molecule has 0 aromatic carbocycles. The average molecular weight is 290 g/mol. The summed E-state index contributed by atoms with van der Waals surface area (Å²) in [5.74, 6) is 6.47. The summed E-state index contributed by atoms with van der Waals surface area (Å²) in [6.07, 6.45) is 2.61. The average Bonchev–Trinajstić information content (AvgIpc) is 2.30. The Bertz CT molecular complexity index is 336. The Labute approximate surface area is 103 Å². The molecule has 0 spiro atoms. The molecule has 0 aliphatic carbocycles. The van der Waals surface area contributed by atoms with Gasteiger partial charge in [-0.05, 0) is 22.4 Å². The van der Waals surface area contributed by atoms with Gasteiger partial charge in [-0.2, -0.15) is 4.98 Å². The van der Waals surface area contributed by atoms with E-state index < -0.39 is 0 Å². The van der Waals surface area contributed by atoms with Crippen molar-refractivity contribution in [3.8, 4) is 0 Å². The Morgan fingerprint density at radius 2 is 2.38 bits per heavy atom. The molecule has 0 atom stereocenters. The Hall–Kier alpha value is -0.920. The lowest BCUT2D eigenvalue weighted by Gasteiger charge is -2.19. The van der Waals surface area contributed by atoms with Crippen LogP contribution < -0.4 is 16.2 Å². The van der Waals surface area contributed by atoms with E-state index in [1.807, 2.05) is 11.9 Å². The SMILES string of the molecule is COCCCN(C)c1nc(NN)ncc1Br. The summed E-state index contributed by atoms with van der Waals surface area (Å²) in [5, 5.41) is 0. The third-order valence-corrected chi connectivity index (χ3v) is 2.62. The van der Waals surface area contributed by atoms with Crippen LogP contribution in [-0.2, 0) is 4.74 Å². The van der Waals surface area contributed by atoms with Gasteiger partial charge >= 0.3 is 0 Å². The molecule has 1 aromatic rings. The molecule has 6 nitrogen and oxygen atoms in total. The highest BCUT2D eigenvalue weighted by Gasteiger charge is 2.09. The van der Waals surface area contributed by atoms with Gasteiger partial charge in [0.2, 0.25) is 5.95 Å². The summed E-state index contributed by atoms with van der Waals surface area (Å²) in [6, 6.07) is 0. The van der Waals surface area contributed by atoms with E-state index in [0.29, 0.717) is 5.95 Å². The number of halogens is 1. The molecular weight excluding hydrogens is 274 g/mol. The van der Waals surface area contributed by atoms with E-state index in [1.54, 1.807) is 13.3 Å².